The van der Waals surface area contributed by atoms with Gasteiger partial charge in [-0.15, -0.1) is 0 Å². The normalized spacial score (nSPS) is 31.2. The predicted molar refractivity (Wildman–Crippen MR) is 86.9 cm³/mol. The SMILES string of the molecule is O=C(N[C@H]1C[C@H]2CC[C@H]1O2)N[C@@H](c1ccccn1)C1CCCC1. The first-order valence-electron chi connectivity index (χ1n) is 8.93. The number of rotatable bonds is 4. The molecular formula is C18H25N3O2. The lowest BCUT2D eigenvalue weighted by Crippen LogP contribution is -2.48. The van der Waals surface area contributed by atoms with E-state index in [-0.39, 0.29) is 24.2 Å². The molecule has 2 saturated heterocycles. The largest absolute Gasteiger partial charge is 0.373 e. The zero-order valence-corrected chi connectivity index (χ0v) is 13.4. The second-order valence-corrected chi connectivity index (χ2v) is 7.11. The molecule has 124 valence electrons. The number of nitrogens with zero attached hydrogens (tertiary/aromatic N) is 1. The van der Waals surface area contributed by atoms with Crippen molar-refractivity contribution >= 4 is 6.03 Å². The first-order chi connectivity index (χ1) is 11.3. The monoisotopic (exact) mass is 315 g/mol. The Bertz CT molecular complexity index is 544. The van der Waals surface area contributed by atoms with E-state index in [1.807, 2.05) is 18.2 Å². The van der Waals surface area contributed by atoms with Gasteiger partial charge in [0.15, 0.2) is 0 Å². The molecule has 1 aliphatic carbocycles. The third-order valence-corrected chi connectivity index (χ3v) is 5.59. The van der Waals surface area contributed by atoms with E-state index >= 15 is 0 Å². The fourth-order valence-corrected chi connectivity index (χ4v) is 4.42. The van der Waals surface area contributed by atoms with Crippen molar-refractivity contribution in [2.75, 3.05) is 0 Å². The van der Waals surface area contributed by atoms with Gasteiger partial charge >= 0.3 is 6.03 Å². The van der Waals surface area contributed by atoms with E-state index in [2.05, 4.69) is 15.6 Å². The maximum absolute atomic E-state index is 12.5. The molecule has 1 saturated carbocycles. The van der Waals surface area contributed by atoms with E-state index in [1.54, 1.807) is 6.20 Å². The smallest absolute Gasteiger partial charge is 0.315 e. The van der Waals surface area contributed by atoms with Gasteiger partial charge in [-0.05, 0) is 50.2 Å². The lowest BCUT2D eigenvalue weighted by Gasteiger charge is -2.26. The van der Waals surface area contributed by atoms with Crippen molar-refractivity contribution in [3.05, 3.63) is 30.1 Å². The van der Waals surface area contributed by atoms with Crippen LogP contribution in [0.25, 0.3) is 0 Å². The summed E-state index contributed by atoms with van der Waals surface area (Å²) in [4.78, 5) is 17.0. The molecular weight excluding hydrogens is 290 g/mol. The second kappa shape index (κ2) is 6.48. The van der Waals surface area contributed by atoms with Crippen molar-refractivity contribution in [1.29, 1.82) is 0 Å². The van der Waals surface area contributed by atoms with Crippen molar-refractivity contribution in [2.24, 2.45) is 5.92 Å². The molecule has 1 aromatic heterocycles. The van der Waals surface area contributed by atoms with Crippen LogP contribution in [0.4, 0.5) is 4.79 Å². The van der Waals surface area contributed by atoms with Gasteiger partial charge in [0.25, 0.3) is 0 Å². The Morgan fingerprint density at radius 3 is 2.74 bits per heavy atom. The van der Waals surface area contributed by atoms with Gasteiger partial charge in [-0.3, -0.25) is 4.98 Å². The Morgan fingerprint density at radius 1 is 1.22 bits per heavy atom. The molecule has 0 spiro atoms. The van der Waals surface area contributed by atoms with Gasteiger partial charge in [-0.2, -0.15) is 0 Å². The number of hydrogen-bond donors (Lipinski definition) is 2. The fourth-order valence-electron chi connectivity index (χ4n) is 4.42. The minimum Gasteiger partial charge on any atom is -0.373 e. The third-order valence-electron chi connectivity index (χ3n) is 5.59. The van der Waals surface area contributed by atoms with Crippen molar-refractivity contribution in [1.82, 2.24) is 15.6 Å². The summed E-state index contributed by atoms with van der Waals surface area (Å²) in [6.45, 7) is 0. The molecule has 3 heterocycles. The van der Waals surface area contributed by atoms with Crippen molar-refractivity contribution in [2.45, 2.75) is 69.2 Å². The van der Waals surface area contributed by atoms with E-state index < -0.39 is 0 Å². The van der Waals surface area contributed by atoms with Gasteiger partial charge in [0.2, 0.25) is 0 Å². The van der Waals surface area contributed by atoms with Crippen LogP contribution in [0.15, 0.2) is 24.4 Å². The van der Waals surface area contributed by atoms with Crippen LogP contribution in [-0.4, -0.2) is 29.3 Å². The minimum atomic E-state index is -0.0753. The summed E-state index contributed by atoms with van der Waals surface area (Å²) in [5.74, 6) is 0.493. The molecule has 2 aliphatic heterocycles. The summed E-state index contributed by atoms with van der Waals surface area (Å²) in [5, 5.41) is 6.32. The number of fused-ring (bicyclic) bond motifs is 2. The van der Waals surface area contributed by atoms with Crippen LogP contribution in [-0.2, 0) is 4.74 Å². The number of amides is 2. The van der Waals surface area contributed by atoms with Gasteiger partial charge in [-0.25, -0.2) is 4.79 Å². The number of urea groups is 1. The Hall–Kier alpha value is -1.62. The average molecular weight is 315 g/mol. The molecule has 5 heteroatoms. The molecule has 2 amide bonds. The number of carbonyl (C=O) groups is 1. The molecule has 4 atom stereocenters. The van der Waals surface area contributed by atoms with E-state index in [0.29, 0.717) is 12.0 Å². The van der Waals surface area contributed by atoms with Crippen LogP contribution >= 0.6 is 0 Å². The van der Waals surface area contributed by atoms with Crippen LogP contribution < -0.4 is 10.6 Å². The molecule has 3 fully saturated rings. The lowest BCUT2D eigenvalue weighted by atomic mass is 9.94. The molecule has 4 rings (SSSR count). The van der Waals surface area contributed by atoms with E-state index in [9.17, 15) is 4.79 Å². The zero-order chi connectivity index (χ0) is 15.6. The Labute approximate surface area is 137 Å². The molecule has 2 N–H and O–H groups in total. The summed E-state index contributed by atoms with van der Waals surface area (Å²) < 4.78 is 5.82. The van der Waals surface area contributed by atoms with Crippen LogP contribution in [0.5, 0.6) is 0 Å². The summed E-state index contributed by atoms with van der Waals surface area (Å²) in [6, 6.07) is 6.04. The van der Waals surface area contributed by atoms with Gasteiger partial charge in [0.1, 0.15) is 0 Å². The standard InChI is InChI=1S/C18H25N3O2/c22-18(20-15-11-13-8-9-16(15)23-13)21-17(12-5-1-2-6-12)14-7-3-4-10-19-14/h3-4,7,10,12-13,15-17H,1-2,5-6,8-9,11H2,(H2,20,21,22)/t13-,15+,16-,17-/m1/s1. The fraction of sp³-hybridized carbons (Fsp3) is 0.667. The highest BCUT2D eigenvalue weighted by atomic mass is 16.5. The lowest BCUT2D eigenvalue weighted by molar-refractivity contribution is 0.0979. The number of pyridine rings is 1. The minimum absolute atomic E-state index is 0.0122. The molecule has 2 bridgehead atoms. The van der Waals surface area contributed by atoms with E-state index in [0.717, 1.165) is 25.0 Å². The number of ether oxygens (including phenoxy) is 1. The number of carbonyl (C=O) groups excluding carboxylic acids is 1. The van der Waals surface area contributed by atoms with Gasteiger partial charge in [0.05, 0.1) is 30.0 Å². The van der Waals surface area contributed by atoms with Crippen LogP contribution in [0.3, 0.4) is 0 Å². The second-order valence-electron chi connectivity index (χ2n) is 7.11. The van der Waals surface area contributed by atoms with Crippen molar-refractivity contribution in [3.63, 3.8) is 0 Å². The Morgan fingerprint density at radius 2 is 2.09 bits per heavy atom. The van der Waals surface area contributed by atoms with E-state index in [1.165, 1.54) is 25.7 Å². The van der Waals surface area contributed by atoms with Crippen LogP contribution in [0, 0.1) is 5.92 Å². The summed E-state index contributed by atoms with van der Waals surface area (Å²) in [5.41, 5.74) is 0.971. The van der Waals surface area contributed by atoms with E-state index in [4.69, 9.17) is 4.74 Å². The molecule has 23 heavy (non-hydrogen) atoms. The summed E-state index contributed by atoms with van der Waals surface area (Å²) in [7, 11) is 0. The summed E-state index contributed by atoms with van der Waals surface area (Å²) >= 11 is 0. The van der Waals surface area contributed by atoms with Crippen LogP contribution in [0.2, 0.25) is 0 Å². The topological polar surface area (TPSA) is 63.2 Å². The number of hydrogen-bond acceptors (Lipinski definition) is 3. The summed E-state index contributed by atoms with van der Waals surface area (Å²) in [6.07, 6.45) is 10.4. The van der Waals surface area contributed by atoms with Gasteiger partial charge < -0.3 is 15.4 Å². The van der Waals surface area contributed by atoms with Gasteiger partial charge in [-0.1, -0.05) is 18.9 Å². The first kappa shape index (κ1) is 14.9. The van der Waals surface area contributed by atoms with Crippen molar-refractivity contribution in [3.8, 4) is 0 Å². The van der Waals surface area contributed by atoms with Crippen molar-refractivity contribution < 1.29 is 9.53 Å². The molecule has 1 aromatic rings. The number of aromatic nitrogens is 1. The maximum Gasteiger partial charge on any atom is 0.315 e. The molecule has 3 aliphatic rings. The van der Waals surface area contributed by atoms with Gasteiger partial charge in [0, 0.05) is 6.20 Å². The molecule has 0 aromatic carbocycles. The average Bonchev–Trinajstić information content (AvgIpc) is 3.31. The highest BCUT2D eigenvalue weighted by molar-refractivity contribution is 5.75. The number of nitrogens with one attached hydrogen (secondary N) is 2. The molecule has 0 radical (unpaired) electrons. The van der Waals surface area contributed by atoms with Crippen LogP contribution in [0.1, 0.15) is 56.7 Å². The highest BCUT2D eigenvalue weighted by Gasteiger charge is 2.41. The third kappa shape index (κ3) is 3.20. The first-order valence-corrected chi connectivity index (χ1v) is 8.93. The molecule has 5 nitrogen and oxygen atoms in total. The highest BCUT2D eigenvalue weighted by Crippen LogP contribution is 2.36. The Balaban J connectivity index is 1.41. The Kier molecular flexibility index (Phi) is 4.21. The quantitative estimate of drug-likeness (QED) is 0.898. The predicted octanol–water partition coefficient (Wildman–Crippen LogP) is 2.93. The maximum atomic E-state index is 12.5. The molecule has 0 unspecified atom stereocenters. The zero-order valence-electron chi connectivity index (χ0n) is 13.4.